The van der Waals surface area contributed by atoms with Gasteiger partial charge in [-0.05, 0) is 47.4 Å². The third kappa shape index (κ3) is 1.21. The topological polar surface area (TPSA) is 26.0 Å². The molecular formula is C13H9F2N. The Morgan fingerprint density at radius 1 is 1.00 bits per heavy atom. The summed E-state index contributed by atoms with van der Waals surface area (Å²) in [7, 11) is 0. The molecule has 0 aliphatic heterocycles. The summed E-state index contributed by atoms with van der Waals surface area (Å²) in [5, 5.41) is 0. The van der Waals surface area contributed by atoms with Gasteiger partial charge in [0.05, 0.1) is 0 Å². The van der Waals surface area contributed by atoms with Gasteiger partial charge in [-0.2, -0.15) is 0 Å². The van der Waals surface area contributed by atoms with Crippen molar-refractivity contribution in [3.05, 3.63) is 53.1 Å². The molecule has 1 aliphatic rings. The lowest BCUT2D eigenvalue weighted by molar-refractivity contribution is 0.625. The number of anilines is 1. The highest BCUT2D eigenvalue weighted by molar-refractivity contribution is 5.78. The maximum atomic E-state index is 13.8. The fraction of sp³-hybridized carbons (Fsp3) is 0.0769. The van der Waals surface area contributed by atoms with Crippen molar-refractivity contribution in [1.82, 2.24) is 0 Å². The fourth-order valence-electron chi connectivity index (χ4n) is 2.29. The van der Waals surface area contributed by atoms with E-state index in [9.17, 15) is 8.78 Å². The van der Waals surface area contributed by atoms with Crippen LogP contribution < -0.4 is 5.73 Å². The summed E-state index contributed by atoms with van der Waals surface area (Å²) in [6.45, 7) is 0. The average molecular weight is 217 g/mol. The minimum Gasteiger partial charge on any atom is -0.399 e. The smallest absolute Gasteiger partial charge is 0.133 e. The third-order valence-electron chi connectivity index (χ3n) is 2.91. The van der Waals surface area contributed by atoms with Crippen molar-refractivity contribution < 1.29 is 8.78 Å². The third-order valence-corrected chi connectivity index (χ3v) is 2.91. The van der Waals surface area contributed by atoms with Crippen molar-refractivity contribution >= 4 is 5.69 Å². The maximum Gasteiger partial charge on any atom is 0.133 e. The van der Waals surface area contributed by atoms with Crippen LogP contribution in [-0.4, -0.2) is 0 Å². The van der Waals surface area contributed by atoms with Gasteiger partial charge in [-0.15, -0.1) is 0 Å². The van der Waals surface area contributed by atoms with Crippen LogP contribution >= 0.6 is 0 Å². The van der Waals surface area contributed by atoms with E-state index in [0.717, 1.165) is 16.7 Å². The normalized spacial score (nSPS) is 12.4. The molecule has 0 bridgehead atoms. The zero-order valence-corrected chi connectivity index (χ0v) is 8.43. The van der Waals surface area contributed by atoms with Crippen LogP contribution in [0.4, 0.5) is 14.5 Å². The molecule has 0 unspecified atom stereocenters. The predicted octanol–water partition coefficient (Wildman–Crippen LogP) is 3.12. The first-order valence-corrected chi connectivity index (χ1v) is 5.02. The highest BCUT2D eigenvalue weighted by Crippen LogP contribution is 2.39. The van der Waals surface area contributed by atoms with Gasteiger partial charge < -0.3 is 5.73 Å². The first kappa shape index (κ1) is 9.33. The zero-order chi connectivity index (χ0) is 11.3. The van der Waals surface area contributed by atoms with E-state index in [0.29, 0.717) is 17.7 Å². The lowest BCUT2D eigenvalue weighted by atomic mass is 10.0. The van der Waals surface area contributed by atoms with E-state index < -0.39 is 0 Å². The number of nitrogens with two attached hydrogens (primary N) is 1. The minimum atomic E-state index is -0.333. The van der Waals surface area contributed by atoms with Gasteiger partial charge in [0.1, 0.15) is 11.6 Å². The van der Waals surface area contributed by atoms with E-state index >= 15 is 0 Å². The van der Waals surface area contributed by atoms with E-state index in [1.54, 1.807) is 12.1 Å². The number of rotatable bonds is 0. The molecule has 0 saturated carbocycles. The molecule has 0 spiro atoms. The van der Waals surface area contributed by atoms with Crippen LogP contribution in [0.25, 0.3) is 11.1 Å². The van der Waals surface area contributed by atoms with Crippen LogP contribution in [0.2, 0.25) is 0 Å². The standard InChI is InChI=1S/C13H9F2N/c14-9-1-2-11-7(4-9)3-8-5-10(16)6-12(15)13(8)11/h1-2,4-6H,3,16H2. The van der Waals surface area contributed by atoms with E-state index in [1.165, 1.54) is 18.2 Å². The Kier molecular flexibility index (Phi) is 1.78. The Morgan fingerprint density at radius 3 is 2.62 bits per heavy atom. The molecule has 1 aliphatic carbocycles. The first-order chi connectivity index (χ1) is 7.65. The van der Waals surface area contributed by atoms with Crippen molar-refractivity contribution in [3.63, 3.8) is 0 Å². The second-order valence-corrected chi connectivity index (χ2v) is 4.02. The Labute approximate surface area is 91.5 Å². The van der Waals surface area contributed by atoms with Crippen molar-refractivity contribution in [2.45, 2.75) is 6.42 Å². The molecule has 0 atom stereocenters. The molecule has 0 radical (unpaired) electrons. The first-order valence-electron chi connectivity index (χ1n) is 5.02. The molecule has 0 heterocycles. The lowest BCUT2D eigenvalue weighted by Crippen LogP contribution is -1.91. The largest absolute Gasteiger partial charge is 0.399 e. The summed E-state index contributed by atoms with van der Waals surface area (Å²) in [6, 6.07) is 7.47. The molecule has 3 rings (SSSR count). The van der Waals surface area contributed by atoms with Crippen LogP contribution in [-0.2, 0) is 6.42 Å². The summed E-state index contributed by atoms with van der Waals surface area (Å²) >= 11 is 0. The molecule has 2 aromatic carbocycles. The molecule has 1 nitrogen and oxygen atoms in total. The quantitative estimate of drug-likeness (QED) is 0.575. The highest BCUT2D eigenvalue weighted by Gasteiger charge is 2.22. The van der Waals surface area contributed by atoms with E-state index in [1.807, 2.05) is 0 Å². The van der Waals surface area contributed by atoms with Crippen molar-refractivity contribution in [2.24, 2.45) is 0 Å². The summed E-state index contributed by atoms with van der Waals surface area (Å²) < 4.78 is 26.8. The number of benzene rings is 2. The van der Waals surface area contributed by atoms with Crippen LogP contribution in [0.5, 0.6) is 0 Å². The van der Waals surface area contributed by atoms with Crippen LogP contribution in [0.15, 0.2) is 30.3 Å². The number of fused-ring (bicyclic) bond motifs is 3. The van der Waals surface area contributed by atoms with Gasteiger partial charge in [0.25, 0.3) is 0 Å². The van der Waals surface area contributed by atoms with Crippen LogP contribution in [0, 0.1) is 11.6 Å². The van der Waals surface area contributed by atoms with Gasteiger partial charge in [0, 0.05) is 11.3 Å². The van der Waals surface area contributed by atoms with E-state index in [4.69, 9.17) is 5.73 Å². The van der Waals surface area contributed by atoms with Gasteiger partial charge in [-0.1, -0.05) is 6.07 Å². The zero-order valence-electron chi connectivity index (χ0n) is 8.43. The summed E-state index contributed by atoms with van der Waals surface area (Å²) in [5.41, 5.74) is 8.97. The van der Waals surface area contributed by atoms with Crippen molar-refractivity contribution in [3.8, 4) is 11.1 Å². The summed E-state index contributed by atoms with van der Waals surface area (Å²) in [4.78, 5) is 0. The maximum absolute atomic E-state index is 13.8. The number of hydrogen-bond donors (Lipinski definition) is 1. The second kappa shape index (κ2) is 3.04. The summed E-state index contributed by atoms with van der Waals surface area (Å²) in [6.07, 6.45) is 0.546. The summed E-state index contributed by atoms with van der Waals surface area (Å²) in [5.74, 6) is -0.625. The van der Waals surface area contributed by atoms with Crippen molar-refractivity contribution in [1.29, 1.82) is 0 Å². The SMILES string of the molecule is Nc1cc(F)c2c(c1)Cc1cc(F)ccc1-2. The molecule has 2 aromatic rings. The van der Waals surface area contributed by atoms with Gasteiger partial charge in [-0.25, -0.2) is 8.78 Å². The Hall–Kier alpha value is -1.90. The highest BCUT2D eigenvalue weighted by atomic mass is 19.1. The van der Waals surface area contributed by atoms with E-state index in [-0.39, 0.29) is 11.6 Å². The lowest BCUT2D eigenvalue weighted by Gasteiger charge is -2.03. The average Bonchev–Trinajstić information content (AvgIpc) is 2.54. The second-order valence-electron chi connectivity index (χ2n) is 4.02. The Morgan fingerprint density at radius 2 is 1.81 bits per heavy atom. The molecule has 0 saturated heterocycles. The molecule has 0 amide bonds. The molecule has 80 valence electrons. The molecule has 0 fully saturated rings. The minimum absolute atomic E-state index is 0.292. The fourth-order valence-corrected chi connectivity index (χ4v) is 2.29. The molecule has 3 heteroatoms. The van der Waals surface area contributed by atoms with Crippen molar-refractivity contribution in [2.75, 3.05) is 5.73 Å². The van der Waals surface area contributed by atoms with Gasteiger partial charge in [0.15, 0.2) is 0 Å². The molecule has 0 aromatic heterocycles. The van der Waals surface area contributed by atoms with E-state index in [2.05, 4.69) is 0 Å². The molecule has 16 heavy (non-hydrogen) atoms. The van der Waals surface area contributed by atoms with Gasteiger partial charge in [-0.3, -0.25) is 0 Å². The van der Waals surface area contributed by atoms with Crippen LogP contribution in [0.1, 0.15) is 11.1 Å². The Balaban J connectivity index is 2.29. The van der Waals surface area contributed by atoms with Crippen LogP contribution in [0.3, 0.4) is 0 Å². The number of halogens is 2. The Bertz CT molecular complexity index is 591. The van der Waals surface area contributed by atoms with Gasteiger partial charge >= 0.3 is 0 Å². The predicted molar refractivity (Wildman–Crippen MR) is 59.0 cm³/mol. The number of nitrogen functional groups attached to an aromatic ring is 1. The number of hydrogen-bond acceptors (Lipinski definition) is 1. The molecular weight excluding hydrogens is 208 g/mol. The molecule has 2 N–H and O–H groups in total. The monoisotopic (exact) mass is 217 g/mol. The van der Waals surface area contributed by atoms with Gasteiger partial charge in [0.2, 0.25) is 0 Å².